The minimum atomic E-state index is -0.320. The van der Waals surface area contributed by atoms with Crippen molar-refractivity contribution in [3.05, 3.63) is 29.3 Å². The molecule has 7 heteroatoms. The van der Waals surface area contributed by atoms with Crippen LogP contribution in [0.15, 0.2) is 24.3 Å². The summed E-state index contributed by atoms with van der Waals surface area (Å²) in [7, 11) is 0. The van der Waals surface area contributed by atoms with E-state index in [-0.39, 0.29) is 37.6 Å². The molecule has 1 heterocycles. The predicted molar refractivity (Wildman–Crippen MR) is 93.8 cm³/mol. The van der Waals surface area contributed by atoms with Gasteiger partial charge in [-0.3, -0.25) is 9.59 Å². The average Bonchev–Trinajstić information content (AvgIpc) is 3.11. The Balaban J connectivity index is 1.91. The van der Waals surface area contributed by atoms with Crippen molar-refractivity contribution >= 4 is 23.5 Å². The second-order valence-corrected chi connectivity index (χ2v) is 6.16. The van der Waals surface area contributed by atoms with Crippen LogP contribution >= 0.6 is 11.6 Å². The minimum Gasteiger partial charge on any atom is -0.482 e. The molecular weight excluding hydrogens is 346 g/mol. The second kappa shape index (κ2) is 10.3. The third-order valence-corrected chi connectivity index (χ3v) is 4.19. The maximum atomic E-state index is 12.5. The molecule has 0 aromatic heterocycles. The molecule has 1 saturated heterocycles. The number of para-hydroxylation sites is 1. The first-order valence-corrected chi connectivity index (χ1v) is 8.90. The maximum Gasteiger partial charge on any atom is 0.307 e. The van der Waals surface area contributed by atoms with E-state index in [0.717, 1.165) is 12.8 Å². The predicted octanol–water partition coefficient (Wildman–Crippen LogP) is 2.68. The lowest BCUT2D eigenvalue weighted by Crippen LogP contribution is -2.41. The summed E-state index contributed by atoms with van der Waals surface area (Å²) in [4.78, 5) is 25.7. The second-order valence-electron chi connectivity index (χ2n) is 5.75. The number of rotatable bonds is 9. The lowest BCUT2D eigenvalue weighted by atomic mass is 10.2. The third kappa shape index (κ3) is 6.55. The highest BCUT2D eigenvalue weighted by Gasteiger charge is 2.23. The summed E-state index contributed by atoms with van der Waals surface area (Å²) < 4.78 is 16.0. The van der Waals surface area contributed by atoms with Gasteiger partial charge in [0, 0.05) is 19.7 Å². The Hall–Kier alpha value is -1.79. The maximum absolute atomic E-state index is 12.5. The quantitative estimate of drug-likeness (QED) is 0.626. The molecule has 138 valence electrons. The van der Waals surface area contributed by atoms with Crippen LogP contribution in [-0.4, -0.2) is 55.8 Å². The first kappa shape index (κ1) is 19.5. The van der Waals surface area contributed by atoms with Gasteiger partial charge in [-0.25, -0.2) is 0 Å². The van der Waals surface area contributed by atoms with E-state index in [9.17, 15) is 9.59 Å². The van der Waals surface area contributed by atoms with Crippen molar-refractivity contribution in [2.24, 2.45) is 0 Å². The molecule has 1 unspecified atom stereocenters. The number of carbonyl (C=O) groups excluding carboxylic acids is 2. The first-order valence-electron chi connectivity index (χ1n) is 8.52. The third-order valence-electron chi connectivity index (χ3n) is 3.88. The summed E-state index contributed by atoms with van der Waals surface area (Å²) in [5.74, 6) is -0.0700. The molecule has 0 N–H and O–H groups in total. The van der Waals surface area contributed by atoms with Crippen molar-refractivity contribution in [1.29, 1.82) is 0 Å². The average molecular weight is 370 g/mol. The lowest BCUT2D eigenvalue weighted by Gasteiger charge is -2.25. The SMILES string of the molecule is CCOC(=O)CCN(CC1CCCO1)C(=O)COc1ccccc1Cl. The van der Waals surface area contributed by atoms with Gasteiger partial charge in [0.15, 0.2) is 6.61 Å². The van der Waals surface area contributed by atoms with Crippen molar-refractivity contribution in [1.82, 2.24) is 4.90 Å². The number of halogens is 1. The Labute approximate surface area is 153 Å². The highest BCUT2D eigenvalue weighted by molar-refractivity contribution is 6.32. The fourth-order valence-electron chi connectivity index (χ4n) is 2.60. The normalized spacial score (nSPS) is 16.5. The van der Waals surface area contributed by atoms with Crippen LogP contribution in [0.4, 0.5) is 0 Å². The minimum absolute atomic E-state index is 0.00598. The number of benzene rings is 1. The Bertz CT molecular complexity index is 574. The molecule has 1 fully saturated rings. The summed E-state index contributed by atoms with van der Waals surface area (Å²) in [5, 5.41) is 0.451. The largest absolute Gasteiger partial charge is 0.482 e. The number of esters is 1. The van der Waals surface area contributed by atoms with E-state index in [4.69, 9.17) is 25.8 Å². The van der Waals surface area contributed by atoms with Crippen LogP contribution in [0.1, 0.15) is 26.2 Å². The molecule has 0 aliphatic carbocycles. The van der Waals surface area contributed by atoms with Gasteiger partial charge in [-0.05, 0) is 31.9 Å². The Morgan fingerprint density at radius 2 is 2.16 bits per heavy atom. The number of amides is 1. The molecule has 6 nitrogen and oxygen atoms in total. The van der Waals surface area contributed by atoms with Crippen LogP contribution in [0.5, 0.6) is 5.75 Å². The Morgan fingerprint density at radius 1 is 1.36 bits per heavy atom. The highest BCUT2D eigenvalue weighted by Crippen LogP contribution is 2.23. The molecule has 0 saturated carbocycles. The van der Waals surface area contributed by atoms with Gasteiger partial charge in [0.05, 0.1) is 24.2 Å². The molecule has 1 atom stereocenters. The lowest BCUT2D eigenvalue weighted by molar-refractivity contribution is -0.144. The van der Waals surface area contributed by atoms with Gasteiger partial charge in [0.25, 0.3) is 5.91 Å². The number of nitrogens with zero attached hydrogens (tertiary/aromatic N) is 1. The van der Waals surface area contributed by atoms with E-state index >= 15 is 0 Å². The van der Waals surface area contributed by atoms with Crippen LogP contribution in [0, 0.1) is 0 Å². The van der Waals surface area contributed by atoms with E-state index in [2.05, 4.69) is 0 Å². The van der Waals surface area contributed by atoms with Crippen LogP contribution in [0.25, 0.3) is 0 Å². The van der Waals surface area contributed by atoms with Crippen molar-refractivity contribution in [3.8, 4) is 5.75 Å². The van der Waals surface area contributed by atoms with Crippen LogP contribution in [-0.2, 0) is 19.1 Å². The van der Waals surface area contributed by atoms with Crippen molar-refractivity contribution in [3.63, 3.8) is 0 Å². The summed E-state index contributed by atoms with van der Waals surface area (Å²) in [6.07, 6.45) is 2.06. The first-order chi connectivity index (χ1) is 12.1. The standard InChI is InChI=1S/C18H24ClNO5/c1-2-23-18(22)9-10-20(12-14-6-5-11-24-14)17(21)13-25-16-8-4-3-7-15(16)19/h3-4,7-8,14H,2,5-6,9-13H2,1H3. The fraction of sp³-hybridized carbons (Fsp3) is 0.556. The van der Waals surface area contributed by atoms with Gasteiger partial charge in [0.1, 0.15) is 5.75 Å². The number of hydrogen-bond acceptors (Lipinski definition) is 5. The van der Waals surface area contributed by atoms with Gasteiger partial charge in [0.2, 0.25) is 0 Å². The molecule has 2 rings (SSSR count). The van der Waals surface area contributed by atoms with Gasteiger partial charge in [-0.2, -0.15) is 0 Å². The number of ether oxygens (including phenoxy) is 3. The van der Waals surface area contributed by atoms with E-state index in [1.165, 1.54) is 0 Å². The van der Waals surface area contributed by atoms with E-state index in [1.807, 2.05) is 0 Å². The number of carbonyl (C=O) groups is 2. The zero-order valence-electron chi connectivity index (χ0n) is 14.4. The van der Waals surface area contributed by atoms with Crippen LogP contribution in [0.2, 0.25) is 5.02 Å². The highest BCUT2D eigenvalue weighted by atomic mass is 35.5. The van der Waals surface area contributed by atoms with Crippen LogP contribution in [0.3, 0.4) is 0 Å². The molecule has 0 radical (unpaired) electrons. The van der Waals surface area contributed by atoms with Crippen LogP contribution < -0.4 is 4.74 Å². The van der Waals surface area contributed by atoms with Crippen molar-refractivity contribution < 1.29 is 23.8 Å². The van der Waals surface area contributed by atoms with Gasteiger partial charge >= 0.3 is 5.97 Å². The topological polar surface area (TPSA) is 65.1 Å². The Morgan fingerprint density at radius 3 is 2.84 bits per heavy atom. The fourth-order valence-corrected chi connectivity index (χ4v) is 2.79. The van der Waals surface area contributed by atoms with Gasteiger partial charge in [-0.15, -0.1) is 0 Å². The summed E-state index contributed by atoms with van der Waals surface area (Å²) in [5.41, 5.74) is 0. The smallest absolute Gasteiger partial charge is 0.307 e. The van der Waals surface area contributed by atoms with E-state index in [1.54, 1.807) is 36.1 Å². The zero-order chi connectivity index (χ0) is 18.1. The molecule has 1 aromatic rings. The summed E-state index contributed by atoms with van der Waals surface area (Å²) >= 11 is 6.03. The molecule has 1 amide bonds. The van der Waals surface area contributed by atoms with Crippen molar-refractivity contribution in [2.45, 2.75) is 32.3 Å². The number of hydrogen-bond donors (Lipinski definition) is 0. The van der Waals surface area contributed by atoms with Crippen molar-refractivity contribution in [2.75, 3.05) is 32.9 Å². The molecule has 0 bridgehead atoms. The molecular formula is C18H24ClNO5. The molecule has 1 aromatic carbocycles. The zero-order valence-corrected chi connectivity index (χ0v) is 15.2. The van der Waals surface area contributed by atoms with Gasteiger partial charge < -0.3 is 19.1 Å². The Kier molecular flexibility index (Phi) is 8.01. The molecule has 1 aliphatic heterocycles. The van der Waals surface area contributed by atoms with E-state index < -0.39 is 0 Å². The van der Waals surface area contributed by atoms with E-state index in [0.29, 0.717) is 30.5 Å². The molecule has 0 spiro atoms. The van der Waals surface area contributed by atoms with Gasteiger partial charge in [-0.1, -0.05) is 23.7 Å². The molecule has 25 heavy (non-hydrogen) atoms. The summed E-state index contributed by atoms with van der Waals surface area (Å²) in [6, 6.07) is 6.99. The monoisotopic (exact) mass is 369 g/mol. The summed E-state index contributed by atoms with van der Waals surface area (Å²) in [6.45, 7) is 3.38. The molecule has 1 aliphatic rings.